The molecule has 0 aliphatic carbocycles. The lowest BCUT2D eigenvalue weighted by Gasteiger charge is -1.68. The number of unbranched alkanes of at least 4 members (excludes halogenated alkanes) is 1. The van der Waals surface area contributed by atoms with Crippen LogP contribution in [0.3, 0.4) is 0 Å². The first-order chi connectivity index (χ1) is 5.06. The quantitative estimate of drug-likeness (QED) is 0.532. The molecule has 0 spiro atoms. The number of hydrogen-bond acceptors (Lipinski definition) is 1. The summed E-state index contributed by atoms with van der Waals surface area (Å²) < 4.78 is 4.25. The highest BCUT2D eigenvalue weighted by Crippen LogP contribution is 1.76. The van der Waals surface area contributed by atoms with Crippen LogP contribution in [0.25, 0.3) is 0 Å². The van der Waals surface area contributed by atoms with E-state index in [9.17, 15) is 0 Å². The molecule has 11 heavy (non-hydrogen) atoms. The SMILES string of the molecule is C=C(C)C.CCCC.COC. The first-order valence-corrected chi connectivity index (χ1v) is 4.08. The van der Waals surface area contributed by atoms with Crippen LogP contribution < -0.4 is 0 Å². The molecular formula is C10H24O. The molecule has 0 atom stereocenters. The second kappa shape index (κ2) is 22.6. The Morgan fingerprint density at radius 1 is 1.09 bits per heavy atom. The predicted molar refractivity (Wildman–Crippen MR) is 54.0 cm³/mol. The molecule has 0 heterocycles. The van der Waals surface area contributed by atoms with Gasteiger partial charge in [-0.15, -0.1) is 6.58 Å². The van der Waals surface area contributed by atoms with Crippen LogP contribution in [0.15, 0.2) is 12.2 Å². The minimum absolute atomic E-state index is 1.17. The summed E-state index contributed by atoms with van der Waals surface area (Å²) in [5.74, 6) is 0. The summed E-state index contributed by atoms with van der Waals surface area (Å²) in [7, 11) is 3.25. The average Bonchev–Trinajstić information content (AvgIpc) is 1.88. The lowest BCUT2D eigenvalue weighted by atomic mass is 10.4. The summed E-state index contributed by atoms with van der Waals surface area (Å²) in [5.41, 5.74) is 1.17. The molecule has 0 aromatic rings. The molecule has 0 amide bonds. The molecule has 1 heteroatoms. The number of allylic oxidation sites excluding steroid dienone is 1. The van der Waals surface area contributed by atoms with Crippen LogP contribution >= 0.6 is 0 Å². The van der Waals surface area contributed by atoms with Gasteiger partial charge in [-0.3, -0.25) is 0 Å². The van der Waals surface area contributed by atoms with E-state index in [1.165, 1.54) is 18.4 Å². The third kappa shape index (κ3) is 1170. The van der Waals surface area contributed by atoms with E-state index in [2.05, 4.69) is 25.2 Å². The lowest BCUT2D eigenvalue weighted by molar-refractivity contribution is 0.277. The van der Waals surface area contributed by atoms with E-state index >= 15 is 0 Å². The molecule has 0 rings (SSSR count). The fourth-order valence-corrected chi connectivity index (χ4v) is 0. The van der Waals surface area contributed by atoms with Crippen molar-refractivity contribution in [3.63, 3.8) is 0 Å². The van der Waals surface area contributed by atoms with Crippen molar-refractivity contribution < 1.29 is 4.74 Å². The smallest absolute Gasteiger partial charge is 0.0351 e. The zero-order valence-electron chi connectivity index (χ0n) is 9.03. The average molecular weight is 160 g/mol. The van der Waals surface area contributed by atoms with E-state index in [0.29, 0.717) is 0 Å². The van der Waals surface area contributed by atoms with Crippen molar-refractivity contribution >= 4 is 0 Å². The normalized spacial score (nSPS) is 6.73. The topological polar surface area (TPSA) is 9.23 Å². The molecule has 0 aliphatic rings. The van der Waals surface area contributed by atoms with Crippen LogP contribution in [0.2, 0.25) is 0 Å². The minimum Gasteiger partial charge on any atom is -0.388 e. The highest BCUT2D eigenvalue weighted by Gasteiger charge is 1.56. The number of ether oxygens (including phenoxy) is 1. The molecular weight excluding hydrogens is 136 g/mol. The maximum absolute atomic E-state index is 4.25. The third-order valence-corrected chi connectivity index (χ3v) is 0.500. The number of hydrogen-bond donors (Lipinski definition) is 0. The highest BCUT2D eigenvalue weighted by atomic mass is 16.4. The summed E-state index contributed by atoms with van der Waals surface area (Å²) in [6.45, 7) is 11.9. The van der Waals surface area contributed by atoms with Crippen LogP contribution in [-0.4, -0.2) is 14.2 Å². The van der Waals surface area contributed by atoms with Gasteiger partial charge in [0.05, 0.1) is 0 Å². The van der Waals surface area contributed by atoms with Gasteiger partial charge < -0.3 is 4.74 Å². The first-order valence-electron chi connectivity index (χ1n) is 4.08. The highest BCUT2D eigenvalue weighted by molar-refractivity contribution is 4.78. The number of rotatable bonds is 1. The molecule has 0 unspecified atom stereocenters. The van der Waals surface area contributed by atoms with Crippen LogP contribution in [0.5, 0.6) is 0 Å². The maximum Gasteiger partial charge on any atom is 0.0351 e. The van der Waals surface area contributed by atoms with Gasteiger partial charge in [0.2, 0.25) is 0 Å². The monoisotopic (exact) mass is 160 g/mol. The van der Waals surface area contributed by atoms with Gasteiger partial charge in [0.1, 0.15) is 0 Å². The van der Waals surface area contributed by atoms with Crippen LogP contribution in [0, 0.1) is 0 Å². The van der Waals surface area contributed by atoms with Gasteiger partial charge in [0.15, 0.2) is 0 Å². The molecule has 0 radical (unpaired) electrons. The summed E-state index contributed by atoms with van der Waals surface area (Å²) in [4.78, 5) is 0. The fraction of sp³-hybridized carbons (Fsp3) is 0.800. The predicted octanol–water partition coefficient (Wildman–Crippen LogP) is 3.65. The molecule has 0 bridgehead atoms. The van der Waals surface area contributed by atoms with Crippen LogP contribution in [-0.2, 0) is 4.74 Å². The Morgan fingerprint density at radius 2 is 1.18 bits per heavy atom. The van der Waals surface area contributed by atoms with E-state index in [1.54, 1.807) is 14.2 Å². The fourth-order valence-electron chi connectivity index (χ4n) is 0. The molecule has 0 aromatic heterocycles. The van der Waals surface area contributed by atoms with Crippen molar-refractivity contribution in [3.8, 4) is 0 Å². The molecule has 70 valence electrons. The van der Waals surface area contributed by atoms with Gasteiger partial charge in [0.25, 0.3) is 0 Å². The van der Waals surface area contributed by atoms with Gasteiger partial charge in [0, 0.05) is 14.2 Å². The summed E-state index contributed by atoms with van der Waals surface area (Å²) in [6, 6.07) is 0. The van der Waals surface area contributed by atoms with E-state index < -0.39 is 0 Å². The van der Waals surface area contributed by atoms with Crippen molar-refractivity contribution in [2.24, 2.45) is 0 Å². The Balaban J connectivity index is -0.0000000886. The van der Waals surface area contributed by atoms with E-state index in [1.807, 2.05) is 13.8 Å². The summed E-state index contributed by atoms with van der Waals surface area (Å²) >= 11 is 0. The standard InChI is InChI=1S/C4H8.C4H10.C2H6O/c1-4(2)3;1-3-4-2;1-3-2/h1H2,2-3H3;3-4H2,1-2H3;1-2H3. The third-order valence-electron chi connectivity index (χ3n) is 0.500. The molecule has 0 saturated heterocycles. The second-order valence-electron chi connectivity index (χ2n) is 2.62. The second-order valence-corrected chi connectivity index (χ2v) is 2.62. The van der Waals surface area contributed by atoms with Gasteiger partial charge in [-0.1, -0.05) is 32.3 Å². The maximum atomic E-state index is 4.25. The van der Waals surface area contributed by atoms with Crippen molar-refractivity contribution in [3.05, 3.63) is 12.2 Å². The van der Waals surface area contributed by atoms with E-state index in [4.69, 9.17) is 0 Å². The molecule has 0 fully saturated rings. The zero-order valence-corrected chi connectivity index (χ0v) is 9.03. The van der Waals surface area contributed by atoms with Crippen molar-refractivity contribution in [2.45, 2.75) is 40.5 Å². The van der Waals surface area contributed by atoms with Gasteiger partial charge >= 0.3 is 0 Å². The van der Waals surface area contributed by atoms with Crippen molar-refractivity contribution in [1.82, 2.24) is 0 Å². The van der Waals surface area contributed by atoms with Crippen molar-refractivity contribution in [1.29, 1.82) is 0 Å². The first kappa shape index (κ1) is 17.0. The molecule has 0 aromatic carbocycles. The zero-order chi connectivity index (χ0) is 9.70. The van der Waals surface area contributed by atoms with Gasteiger partial charge in [-0.2, -0.15) is 0 Å². The van der Waals surface area contributed by atoms with E-state index in [-0.39, 0.29) is 0 Å². The Morgan fingerprint density at radius 3 is 1.18 bits per heavy atom. The lowest BCUT2D eigenvalue weighted by Crippen LogP contribution is -1.55. The van der Waals surface area contributed by atoms with E-state index in [0.717, 1.165) is 0 Å². The Bertz CT molecular complexity index is 51.9. The van der Waals surface area contributed by atoms with Crippen LogP contribution in [0.4, 0.5) is 0 Å². The Kier molecular flexibility index (Phi) is 34.9. The van der Waals surface area contributed by atoms with Crippen LogP contribution in [0.1, 0.15) is 40.5 Å². The van der Waals surface area contributed by atoms with Gasteiger partial charge in [-0.25, -0.2) is 0 Å². The summed E-state index contributed by atoms with van der Waals surface area (Å²) in [5, 5.41) is 0. The Hall–Kier alpha value is -0.300. The molecule has 0 N–H and O–H groups in total. The Labute approximate surface area is 72.5 Å². The molecule has 0 saturated carbocycles. The summed E-state index contributed by atoms with van der Waals surface area (Å²) in [6.07, 6.45) is 2.64. The minimum atomic E-state index is 1.17. The molecule has 1 nitrogen and oxygen atoms in total. The largest absolute Gasteiger partial charge is 0.388 e. The van der Waals surface area contributed by atoms with Crippen molar-refractivity contribution in [2.75, 3.05) is 14.2 Å². The molecule has 0 aliphatic heterocycles. The number of methoxy groups -OCH3 is 1. The van der Waals surface area contributed by atoms with Gasteiger partial charge in [-0.05, 0) is 13.8 Å².